The maximum absolute atomic E-state index is 12.9. The fourth-order valence-electron chi connectivity index (χ4n) is 6.82. The van der Waals surface area contributed by atoms with Crippen molar-refractivity contribution in [2.24, 2.45) is 0 Å². The molecule has 0 aliphatic heterocycles. The van der Waals surface area contributed by atoms with E-state index in [9.17, 15) is 68.3 Å². The van der Waals surface area contributed by atoms with Crippen molar-refractivity contribution >= 4 is 35.4 Å². The average molecular weight is 1160 g/mol. The zero-order valence-corrected chi connectivity index (χ0v) is 45.9. The summed E-state index contributed by atoms with van der Waals surface area (Å²) in [7, 11) is 0. The Balaban J connectivity index is 0.000000264. The molecule has 82 heavy (non-hydrogen) atoms. The van der Waals surface area contributed by atoms with E-state index in [0.29, 0.717) is 16.7 Å². The molecular formula is C58H59F9N6O9. The molecular weight excluding hydrogens is 1100 g/mol. The molecule has 6 amide bonds. The maximum Gasteiger partial charge on any atom is 0.573 e. The first-order chi connectivity index (χ1) is 37.8. The SMILES string of the molecule is CC(C)(C)N(NC(=O)c1ccc(OC(F)(F)F)cc1)C(=O)c1ccccc1.CC(C)(C)N(NC(=O)c1ccccc1)C(=O)c1ccc(OC(F)(F)F)cc1.Cc1cccc(C(=O)N(NC(=O)c2ccc(OC(F)(F)F)cc2)C(C)(C)C)c1. The number of hydrazine groups is 3. The Morgan fingerprint density at radius 3 is 0.854 bits per heavy atom. The number of halogens is 9. The zero-order valence-electron chi connectivity index (χ0n) is 45.9. The van der Waals surface area contributed by atoms with Crippen molar-refractivity contribution in [2.75, 3.05) is 0 Å². The predicted octanol–water partition coefficient (Wildman–Crippen LogP) is 12.8. The van der Waals surface area contributed by atoms with Crippen LogP contribution in [0.1, 0.15) is 130 Å². The minimum Gasteiger partial charge on any atom is -0.406 e. The lowest BCUT2D eigenvalue weighted by molar-refractivity contribution is -0.275. The number of ether oxygens (including phenoxy) is 3. The van der Waals surface area contributed by atoms with E-state index >= 15 is 0 Å². The van der Waals surface area contributed by atoms with Gasteiger partial charge < -0.3 is 14.2 Å². The Bertz CT molecular complexity index is 3120. The topological polar surface area (TPSA) is 176 Å². The van der Waals surface area contributed by atoms with Gasteiger partial charge >= 0.3 is 19.1 Å². The molecule has 0 radical (unpaired) electrons. The fraction of sp³-hybridized carbons (Fsp3) is 0.276. The van der Waals surface area contributed by atoms with Crippen LogP contribution >= 0.6 is 0 Å². The van der Waals surface area contributed by atoms with Gasteiger partial charge in [-0.05, 0) is 178 Å². The zero-order chi connectivity index (χ0) is 61.6. The Morgan fingerprint density at radius 1 is 0.329 bits per heavy atom. The number of aryl methyl sites for hydroxylation is 1. The van der Waals surface area contributed by atoms with E-state index in [-0.39, 0.29) is 16.7 Å². The number of rotatable bonds is 9. The molecule has 0 heterocycles. The molecule has 0 bridgehead atoms. The quantitative estimate of drug-likeness (QED) is 0.0939. The van der Waals surface area contributed by atoms with Crippen molar-refractivity contribution in [3.05, 3.63) is 197 Å². The highest BCUT2D eigenvalue weighted by Crippen LogP contribution is 2.27. The molecule has 0 spiro atoms. The van der Waals surface area contributed by atoms with Crippen LogP contribution < -0.4 is 30.5 Å². The Kier molecular flexibility index (Phi) is 21.5. The van der Waals surface area contributed by atoms with Gasteiger partial charge in [-0.15, -0.1) is 39.5 Å². The fourth-order valence-corrected chi connectivity index (χ4v) is 6.82. The second-order valence-electron chi connectivity index (χ2n) is 20.6. The molecule has 0 unspecified atom stereocenters. The van der Waals surface area contributed by atoms with Crippen LogP contribution in [0.2, 0.25) is 0 Å². The Hall–Kier alpha value is -9.09. The minimum absolute atomic E-state index is 0.0830. The molecule has 0 fully saturated rings. The molecule has 3 N–H and O–H groups in total. The molecule has 6 aromatic carbocycles. The number of nitrogens with one attached hydrogen (secondary N) is 3. The van der Waals surface area contributed by atoms with Gasteiger partial charge in [-0.25, -0.2) is 15.0 Å². The second-order valence-corrected chi connectivity index (χ2v) is 20.6. The highest BCUT2D eigenvalue weighted by Gasteiger charge is 2.35. The van der Waals surface area contributed by atoms with Crippen molar-refractivity contribution < 1.29 is 82.5 Å². The molecule has 0 saturated carbocycles. The normalized spacial score (nSPS) is 11.6. The van der Waals surface area contributed by atoms with E-state index in [1.807, 2.05) is 13.0 Å². The first-order valence-corrected chi connectivity index (χ1v) is 24.5. The van der Waals surface area contributed by atoms with Crippen LogP contribution in [-0.4, -0.2) is 86.2 Å². The van der Waals surface area contributed by atoms with Crippen LogP contribution in [-0.2, 0) is 0 Å². The van der Waals surface area contributed by atoms with Crippen LogP contribution in [0.25, 0.3) is 0 Å². The monoisotopic (exact) mass is 1150 g/mol. The van der Waals surface area contributed by atoms with Crippen LogP contribution in [0.3, 0.4) is 0 Å². The largest absolute Gasteiger partial charge is 0.573 e. The molecule has 0 atom stereocenters. The molecule has 438 valence electrons. The number of hydrogen-bond donors (Lipinski definition) is 3. The number of benzene rings is 6. The maximum atomic E-state index is 12.9. The molecule has 0 saturated heterocycles. The number of hydrogen-bond acceptors (Lipinski definition) is 9. The molecule has 6 rings (SSSR count). The third-order valence-corrected chi connectivity index (χ3v) is 10.6. The van der Waals surface area contributed by atoms with E-state index in [1.165, 1.54) is 46.4 Å². The van der Waals surface area contributed by atoms with Crippen molar-refractivity contribution in [2.45, 2.75) is 105 Å². The van der Waals surface area contributed by atoms with Gasteiger partial charge in [0.25, 0.3) is 35.4 Å². The smallest absolute Gasteiger partial charge is 0.406 e. The van der Waals surface area contributed by atoms with Gasteiger partial charge in [-0.2, -0.15) is 0 Å². The standard InChI is InChI=1S/C20H21F3N2O3.2C19H19F3N2O3/c1-13-6-5-7-15(12-13)18(27)25(19(2,3)4)24-17(26)14-8-10-16(11-9-14)28-20(21,22)23;1-18(2,3)24(17(26)14-7-5-4-6-8-14)23-16(25)13-9-11-15(12-10-13)27-19(20,21)22;1-18(2,3)24(23-16(25)13-7-5-4-6-8-13)17(26)14-9-11-15(12-10-14)27-19(20,21)22/h5-12H,1-4H3,(H,24,26);2*4-12H,1-3H3,(H,23,25). The van der Waals surface area contributed by atoms with Gasteiger partial charge in [0.1, 0.15) is 17.2 Å². The summed E-state index contributed by atoms with van der Waals surface area (Å²) in [6, 6.07) is 37.1. The van der Waals surface area contributed by atoms with E-state index in [4.69, 9.17) is 0 Å². The first kappa shape index (κ1) is 65.4. The van der Waals surface area contributed by atoms with Crippen molar-refractivity contribution in [3.63, 3.8) is 0 Å². The number of carbonyl (C=O) groups is 6. The predicted molar refractivity (Wildman–Crippen MR) is 284 cm³/mol. The number of nitrogens with zero attached hydrogens (tertiary/aromatic N) is 3. The lowest BCUT2D eigenvalue weighted by Crippen LogP contribution is -2.55. The van der Waals surface area contributed by atoms with Crippen molar-refractivity contribution in [1.29, 1.82) is 0 Å². The summed E-state index contributed by atoms with van der Waals surface area (Å²) in [4.78, 5) is 75.8. The minimum atomic E-state index is -4.81. The summed E-state index contributed by atoms with van der Waals surface area (Å²) in [6.45, 7) is 17.5. The highest BCUT2D eigenvalue weighted by atomic mass is 19.4. The van der Waals surface area contributed by atoms with E-state index in [0.717, 1.165) is 47.0 Å². The number of amides is 6. The lowest BCUT2D eigenvalue weighted by Gasteiger charge is -2.35. The summed E-state index contributed by atoms with van der Waals surface area (Å²) < 4.78 is 121. The van der Waals surface area contributed by atoms with Crippen LogP contribution in [0.5, 0.6) is 17.2 Å². The Labute approximate surface area is 466 Å². The molecule has 6 aromatic rings. The summed E-state index contributed by atoms with van der Waals surface area (Å²) in [5.41, 5.74) is 7.70. The van der Waals surface area contributed by atoms with Crippen LogP contribution in [0, 0.1) is 6.92 Å². The van der Waals surface area contributed by atoms with Crippen molar-refractivity contribution in [1.82, 2.24) is 31.3 Å². The molecule has 0 aliphatic carbocycles. The van der Waals surface area contributed by atoms with Gasteiger partial charge in [0.05, 0.1) is 16.6 Å². The van der Waals surface area contributed by atoms with Crippen LogP contribution in [0.15, 0.2) is 158 Å². The van der Waals surface area contributed by atoms with Gasteiger partial charge in [-0.3, -0.25) is 45.0 Å². The number of carbonyl (C=O) groups excluding carboxylic acids is 6. The average Bonchev–Trinajstić information content (AvgIpc) is 3.46. The lowest BCUT2D eigenvalue weighted by atomic mass is 10.1. The number of alkyl halides is 9. The van der Waals surface area contributed by atoms with Crippen molar-refractivity contribution in [3.8, 4) is 17.2 Å². The summed E-state index contributed by atoms with van der Waals surface area (Å²) in [5.74, 6) is -4.42. The van der Waals surface area contributed by atoms with E-state index in [2.05, 4.69) is 30.5 Å². The molecule has 24 heteroatoms. The van der Waals surface area contributed by atoms with Gasteiger partial charge in [0.2, 0.25) is 0 Å². The third kappa shape index (κ3) is 21.2. The van der Waals surface area contributed by atoms with E-state index < -0.39 is 88.4 Å². The van der Waals surface area contributed by atoms with Crippen LogP contribution in [0.4, 0.5) is 39.5 Å². The summed E-state index contributed by atoms with van der Waals surface area (Å²) in [6.07, 6.45) is -14.4. The summed E-state index contributed by atoms with van der Waals surface area (Å²) in [5, 5.41) is 3.52. The second kappa shape index (κ2) is 26.9. The third-order valence-electron chi connectivity index (χ3n) is 10.6. The Morgan fingerprint density at radius 2 is 0.573 bits per heavy atom. The van der Waals surface area contributed by atoms with Gasteiger partial charge in [0.15, 0.2) is 0 Å². The van der Waals surface area contributed by atoms with E-state index in [1.54, 1.807) is 141 Å². The molecule has 0 aromatic heterocycles. The molecule has 0 aliphatic rings. The summed E-state index contributed by atoms with van der Waals surface area (Å²) >= 11 is 0. The van der Waals surface area contributed by atoms with Gasteiger partial charge in [0, 0.05) is 33.4 Å². The first-order valence-electron chi connectivity index (χ1n) is 24.5. The molecule has 15 nitrogen and oxygen atoms in total. The highest BCUT2D eigenvalue weighted by molar-refractivity contribution is 6.01. The van der Waals surface area contributed by atoms with Gasteiger partial charge in [-0.1, -0.05) is 54.1 Å².